The number of aromatic nitrogens is 2. The first-order valence-electron chi connectivity index (χ1n) is 9.56. The highest BCUT2D eigenvalue weighted by Crippen LogP contribution is 2.39. The normalized spacial score (nSPS) is 12.1. The standard InChI is InChI=1S/C20H19Cl2F3N4O4S/c1-33-13-5-3-12(4-6-13)10-29(34(2,31)32)19-17-14(22)7-8-15(26-16(30)9-21)18(17)28(27-19)11-20(23,24)25/h3-8H,9-11H2,1-2H3,(H,26,30). The molecule has 2 aromatic carbocycles. The van der Waals surface area contributed by atoms with E-state index in [1.54, 1.807) is 24.3 Å². The first-order valence-corrected chi connectivity index (χ1v) is 12.3. The topological polar surface area (TPSA) is 93.5 Å². The van der Waals surface area contributed by atoms with Crippen LogP contribution in [0.1, 0.15) is 5.56 Å². The van der Waals surface area contributed by atoms with Gasteiger partial charge in [0.15, 0.2) is 5.82 Å². The minimum atomic E-state index is -4.70. The average Bonchev–Trinajstić information content (AvgIpc) is 3.11. The minimum absolute atomic E-state index is 0.0500. The number of hydrogen-bond acceptors (Lipinski definition) is 5. The van der Waals surface area contributed by atoms with Crippen LogP contribution < -0.4 is 14.4 Å². The van der Waals surface area contributed by atoms with Gasteiger partial charge in [0.2, 0.25) is 15.9 Å². The van der Waals surface area contributed by atoms with E-state index in [1.807, 2.05) is 0 Å². The van der Waals surface area contributed by atoms with Crippen molar-refractivity contribution in [2.24, 2.45) is 0 Å². The lowest BCUT2D eigenvalue weighted by Crippen LogP contribution is -2.30. The summed E-state index contributed by atoms with van der Waals surface area (Å²) in [7, 11) is -2.56. The monoisotopic (exact) mass is 538 g/mol. The van der Waals surface area contributed by atoms with Crippen LogP contribution in [-0.2, 0) is 27.9 Å². The van der Waals surface area contributed by atoms with Gasteiger partial charge in [-0.1, -0.05) is 23.7 Å². The Labute approximate surface area is 203 Å². The largest absolute Gasteiger partial charge is 0.497 e. The predicted molar refractivity (Wildman–Crippen MR) is 124 cm³/mol. The minimum Gasteiger partial charge on any atom is -0.497 e. The van der Waals surface area contributed by atoms with E-state index in [-0.39, 0.29) is 34.0 Å². The molecule has 0 atom stereocenters. The van der Waals surface area contributed by atoms with Gasteiger partial charge >= 0.3 is 6.18 Å². The summed E-state index contributed by atoms with van der Waals surface area (Å²) in [5, 5.41) is 6.26. The maximum absolute atomic E-state index is 13.3. The van der Waals surface area contributed by atoms with Crippen LogP contribution in [0.3, 0.4) is 0 Å². The molecule has 0 saturated heterocycles. The zero-order chi connectivity index (χ0) is 25.3. The fourth-order valence-electron chi connectivity index (χ4n) is 3.25. The number of anilines is 2. The molecule has 0 bridgehead atoms. The van der Waals surface area contributed by atoms with Crippen LogP contribution in [0.4, 0.5) is 24.7 Å². The van der Waals surface area contributed by atoms with Crippen LogP contribution >= 0.6 is 23.2 Å². The third-order valence-electron chi connectivity index (χ3n) is 4.67. The van der Waals surface area contributed by atoms with Crippen LogP contribution in [0.2, 0.25) is 5.02 Å². The molecule has 0 saturated carbocycles. The van der Waals surface area contributed by atoms with E-state index in [9.17, 15) is 26.4 Å². The summed E-state index contributed by atoms with van der Waals surface area (Å²) in [5.41, 5.74) is 0.278. The number of carbonyl (C=O) groups is 1. The van der Waals surface area contributed by atoms with Crippen molar-refractivity contribution in [1.82, 2.24) is 9.78 Å². The van der Waals surface area contributed by atoms with E-state index in [0.717, 1.165) is 10.6 Å². The van der Waals surface area contributed by atoms with Gasteiger partial charge in [0, 0.05) is 0 Å². The van der Waals surface area contributed by atoms with Gasteiger partial charge in [-0.25, -0.2) is 12.7 Å². The number of alkyl halides is 4. The summed E-state index contributed by atoms with van der Waals surface area (Å²) < 4.78 is 72.0. The summed E-state index contributed by atoms with van der Waals surface area (Å²) in [6, 6.07) is 9.07. The molecule has 3 aromatic rings. The van der Waals surface area contributed by atoms with Crippen LogP contribution in [0.15, 0.2) is 36.4 Å². The Morgan fingerprint density at radius 1 is 1.21 bits per heavy atom. The molecule has 1 heterocycles. The van der Waals surface area contributed by atoms with E-state index < -0.39 is 34.5 Å². The van der Waals surface area contributed by atoms with E-state index in [4.69, 9.17) is 27.9 Å². The number of methoxy groups -OCH3 is 1. The molecular formula is C20H19Cl2F3N4O4S. The molecule has 184 valence electrons. The molecule has 0 spiro atoms. The number of nitrogens with one attached hydrogen (secondary N) is 1. The SMILES string of the molecule is COc1ccc(CN(c2nn(CC(F)(F)F)c3c(NC(=O)CCl)ccc(Cl)c23)S(C)(=O)=O)cc1. The van der Waals surface area contributed by atoms with E-state index >= 15 is 0 Å². The van der Waals surface area contributed by atoms with Crippen molar-refractivity contribution in [2.45, 2.75) is 19.3 Å². The molecule has 3 rings (SSSR count). The second-order valence-corrected chi connectivity index (χ2v) is 9.80. The van der Waals surface area contributed by atoms with Crippen molar-refractivity contribution < 1.29 is 31.1 Å². The summed E-state index contributed by atoms with van der Waals surface area (Å²) in [5.74, 6) is -0.899. The van der Waals surface area contributed by atoms with Crippen molar-refractivity contribution in [1.29, 1.82) is 0 Å². The highest BCUT2D eigenvalue weighted by atomic mass is 35.5. The van der Waals surface area contributed by atoms with E-state index in [1.165, 1.54) is 19.2 Å². The van der Waals surface area contributed by atoms with Gasteiger partial charge in [-0.3, -0.25) is 9.48 Å². The van der Waals surface area contributed by atoms with Crippen molar-refractivity contribution in [3.8, 4) is 5.75 Å². The lowest BCUT2D eigenvalue weighted by molar-refractivity contribution is -0.141. The van der Waals surface area contributed by atoms with Crippen molar-refractivity contribution in [3.05, 3.63) is 47.0 Å². The van der Waals surface area contributed by atoms with Gasteiger partial charge in [-0.05, 0) is 29.8 Å². The number of fused-ring (bicyclic) bond motifs is 1. The highest BCUT2D eigenvalue weighted by Gasteiger charge is 2.33. The second kappa shape index (κ2) is 9.88. The summed E-state index contributed by atoms with van der Waals surface area (Å²) in [4.78, 5) is 11.9. The van der Waals surface area contributed by atoms with E-state index in [0.29, 0.717) is 16.0 Å². The molecule has 14 heteroatoms. The molecule has 0 aliphatic rings. The summed E-state index contributed by atoms with van der Waals surface area (Å²) in [6.07, 6.45) is -3.80. The lowest BCUT2D eigenvalue weighted by atomic mass is 10.2. The molecular weight excluding hydrogens is 520 g/mol. The molecule has 8 nitrogen and oxygen atoms in total. The number of benzene rings is 2. The Morgan fingerprint density at radius 3 is 2.38 bits per heavy atom. The fraction of sp³-hybridized carbons (Fsp3) is 0.300. The molecule has 34 heavy (non-hydrogen) atoms. The number of carbonyl (C=O) groups excluding carboxylic acids is 1. The zero-order valence-electron chi connectivity index (χ0n) is 17.9. The zero-order valence-corrected chi connectivity index (χ0v) is 20.2. The van der Waals surface area contributed by atoms with Gasteiger partial charge in [0.25, 0.3) is 0 Å². The Balaban J connectivity index is 2.25. The van der Waals surface area contributed by atoms with Crippen molar-refractivity contribution in [3.63, 3.8) is 0 Å². The molecule has 0 radical (unpaired) electrons. The van der Waals surface area contributed by atoms with E-state index in [2.05, 4.69) is 10.4 Å². The number of amides is 1. The first kappa shape index (κ1) is 25.9. The smallest absolute Gasteiger partial charge is 0.408 e. The fourth-order valence-corrected chi connectivity index (χ4v) is 4.38. The van der Waals surface area contributed by atoms with Crippen LogP contribution in [0.25, 0.3) is 10.9 Å². The Kier molecular flexibility index (Phi) is 7.53. The van der Waals surface area contributed by atoms with Gasteiger partial charge in [0.05, 0.1) is 41.5 Å². The summed E-state index contributed by atoms with van der Waals surface area (Å²) >= 11 is 11.8. The predicted octanol–water partition coefficient (Wildman–Crippen LogP) is 4.40. The highest BCUT2D eigenvalue weighted by molar-refractivity contribution is 7.92. The number of sulfonamides is 1. The Morgan fingerprint density at radius 2 is 1.85 bits per heavy atom. The molecule has 0 aliphatic carbocycles. The Hall–Kier alpha value is -2.70. The van der Waals surface area contributed by atoms with Gasteiger partial charge in [-0.2, -0.15) is 18.3 Å². The maximum atomic E-state index is 13.3. The molecule has 0 aliphatic heterocycles. The Bertz CT molecular complexity index is 1310. The number of nitrogens with zero attached hydrogens (tertiary/aromatic N) is 3. The lowest BCUT2D eigenvalue weighted by Gasteiger charge is -2.21. The van der Waals surface area contributed by atoms with Crippen LogP contribution in [-0.4, -0.2) is 49.5 Å². The van der Waals surface area contributed by atoms with Gasteiger partial charge in [-0.15, -0.1) is 11.6 Å². The maximum Gasteiger partial charge on any atom is 0.408 e. The number of hydrogen-bond donors (Lipinski definition) is 1. The molecule has 0 fully saturated rings. The second-order valence-electron chi connectivity index (χ2n) is 7.21. The number of rotatable bonds is 8. The molecule has 1 N–H and O–H groups in total. The van der Waals surface area contributed by atoms with Gasteiger partial charge < -0.3 is 10.1 Å². The molecule has 1 aromatic heterocycles. The molecule has 1 amide bonds. The average molecular weight is 539 g/mol. The molecule has 0 unspecified atom stereocenters. The third kappa shape index (κ3) is 5.86. The third-order valence-corrected chi connectivity index (χ3v) is 6.33. The number of halogens is 5. The van der Waals surface area contributed by atoms with Crippen LogP contribution in [0, 0.1) is 0 Å². The quantitative estimate of drug-likeness (QED) is 0.429. The number of ether oxygens (including phenoxy) is 1. The van der Waals surface area contributed by atoms with Crippen molar-refractivity contribution >= 4 is 61.5 Å². The van der Waals surface area contributed by atoms with Crippen LogP contribution in [0.5, 0.6) is 5.75 Å². The van der Waals surface area contributed by atoms with Gasteiger partial charge in [0.1, 0.15) is 18.2 Å². The first-order chi connectivity index (χ1) is 15.8. The summed E-state index contributed by atoms with van der Waals surface area (Å²) in [6.45, 7) is -1.79. The van der Waals surface area contributed by atoms with Crippen molar-refractivity contribution in [2.75, 3.05) is 28.9 Å².